The smallest absolute Gasteiger partial charge is 0.222 e. The molecule has 4 heavy (non-hydrogen) atoms. The van der Waals surface area contributed by atoms with Crippen molar-refractivity contribution in [2.45, 2.75) is 0 Å². The van der Waals surface area contributed by atoms with Crippen LogP contribution in [0.2, 0.25) is 0 Å². The zero-order valence-electron chi connectivity index (χ0n) is 1.99. The molecule has 0 fully saturated rings. The minimum Gasteiger partial charge on any atom is -0.222 e. The molecule has 0 rings (SSSR count). The van der Waals surface area contributed by atoms with E-state index in [1.165, 1.54) is 0 Å². The van der Waals surface area contributed by atoms with Gasteiger partial charge in [0.2, 0.25) is 6.08 Å². The van der Waals surface area contributed by atoms with Gasteiger partial charge in [0.1, 0.15) is 0 Å². The lowest BCUT2D eigenvalue weighted by molar-refractivity contribution is 0.563. The first kappa shape index (κ1) is 9.86. The quantitative estimate of drug-likeness (QED) is 0.226. The maximum absolute atomic E-state index is 8.35. The van der Waals surface area contributed by atoms with Gasteiger partial charge in [0, 0.05) is 8.41 Å². The second-order valence-corrected chi connectivity index (χ2v) is 0.102. The lowest BCUT2D eigenvalue weighted by Gasteiger charge is -1.02. The molecule has 0 saturated heterocycles. The summed E-state index contributed by atoms with van der Waals surface area (Å²) in [6.45, 7) is 0. The topological polar surface area (TPSA) is 40.9 Å². The van der Waals surface area contributed by atoms with Crippen LogP contribution in [0, 0.1) is 5.41 Å². The zero-order chi connectivity index (χ0) is 2.71. The predicted molar refractivity (Wildman–Crippen MR) is 14.2 cm³/mol. The number of hydrogen-bond donors (Lipinski definition) is 1. The molecule has 0 aliphatic heterocycles. The molecular formula is CHBNO. The highest BCUT2D eigenvalue weighted by molar-refractivity contribution is 5.75. The van der Waals surface area contributed by atoms with E-state index in [1.807, 2.05) is 0 Å². The fraction of sp³-hybridized carbons (Fsp3) is 0. The molecule has 0 aromatic carbocycles. The van der Waals surface area contributed by atoms with Crippen molar-refractivity contribution < 1.29 is 4.79 Å². The molecule has 3 heteroatoms. The first-order valence-corrected chi connectivity index (χ1v) is 0.454. The van der Waals surface area contributed by atoms with E-state index in [0.717, 1.165) is 6.08 Å². The summed E-state index contributed by atoms with van der Waals surface area (Å²) >= 11 is 0. The van der Waals surface area contributed by atoms with Crippen LogP contribution in [0.15, 0.2) is 0 Å². The van der Waals surface area contributed by atoms with Crippen LogP contribution in [0.4, 0.5) is 0 Å². The van der Waals surface area contributed by atoms with Crippen molar-refractivity contribution in [3.63, 3.8) is 0 Å². The van der Waals surface area contributed by atoms with Gasteiger partial charge in [-0.25, -0.2) is 10.2 Å². The SMILES string of the molecule is N=C=O.[B]. The molecule has 0 aliphatic rings. The van der Waals surface area contributed by atoms with E-state index in [4.69, 9.17) is 10.2 Å². The Balaban J connectivity index is 0. The van der Waals surface area contributed by atoms with Crippen molar-refractivity contribution in [2.24, 2.45) is 0 Å². The van der Waals surface area contributed by atoms with E-state index in [9.17, 15) is 0 Å². The molecule has 0 spiro atoms. The van der Waals surface area contributed by atoms with E-state index in [0.29, 0.717) is 0 Å². The fourth-order valence-corrected chi connectivity index (χ4v) is 0. The minimum atomic E-state index is 0. The van der Waals surface area contributed by atoms with Gasteiger partial charge in [-0.15, -0.1) is 0 Å². The van der Waals surface area contributed by atoms with Crippen LogP contribution in [0.5, 0.6) is 0 Å². The summed E-state index contributed by atoms with van der Waals surface area (Å²) < 4.78 is 0. The number of carbonyl (C=O) groups excluding carboxylic acids is 1. The molecule has 0 aliphatic carbocycles. The maximum Gasteiger partial charge on any atom is 0.231 e. The van der Waals surface area contributed by atoms with Gasteiger partial charge in [0.15, 0.2) is 0 Å². The van der Waals surface area contributed by atoms with E-state index in [1.54, 1.807) is 0 Å². The molecule has 0 aromatic heterocycles. The van der Waals surface area contributed by atoms with Crippen molar-refractivity contribution in [1.82, 2.24) is 0 Å². The summed E-state index contributed by atoms with van der Waals surface area (Å²) in [5.41, 5.74) is 0. The summed E-state index contributed by atoms with van der Waals surface area (Å²) in [5.74, 6) is 0. The van der Waals surface area contributed by atoms with Crippen molar-refractivity contribution in [3.05, 3.63) is 0 Å². The van der Waals surface area contributed by atoms with Gasteiger partial charge in [-0.2, -0.15) is 0 Å². The molecule has 1 N–H and O–H groups in total. The average Bonchev–Trinajstić information content (AvgIpc) is 0.918. The summed E-state index contributed by atoms with van der Waals surface area (Å²) in [6, 6.07) is 0. The van der Waals surface area contributed by atoms with E-state index < -0.39 is 0 Å². The molecule has 0 heterocycles. The van der Waals surface area contributed by atoms with Crippen LogP contribution in [-0.4, -0.2) is 14.5 Å². The largest absolute Gasteiger partial charge is 0.231 e. The molecule has 0 atom stereocenters. The first-order valence-electron chi connectivity index (χ1n) is 0.454. The maximum atomic E-state index is 8.35. The van der Waals surface area contributed by atoms with Gasteiger partial charge in [-0.05, 0) is 0 Å². The highest BCUT2D eigenvalue weighted by atomic mass is 16.1. The van der Waals surface area contributed by atoms with Crippen molar-refractivity contribution >= 4 is 14.5 Å². The summed E-state index contributed by atoms with van der Waals surface area (Å²) in [6.07, 6.45) is 0.750. The van der Waals surface area contributed by atoms with Gasteiger partial charge < -0.3 is 0 Å². The third-order valence-electron chi connectivity index (χ3n) is 0. The van der Waals surface area contributed by atoms with Gasteiger partial charge >= 0.3 is 0 Å². The number of rotatable bonds is 0. The molecular weight excluding hydrogens is 52.8 g/mol. The summed E-state index contributed by atoms with van der Waals surface area (Å²) in [5, 5.41) is 5.40. The Bertz CT molecular complexity index is 29.0. The number of nitrogens with one attached hydrogen (secondary N) is 1. The van der Waals surface area contributed by atoms with E-state index >= 15 is 0 Å². The number of hydrogen-bond acceptors (Lipinski definition) is 2. The lowest BCUT2D eigenvalue weighted by Crippen LogP contribution is -1.16. The van der Waals surface area contributed by atoms with Crippen LogP contribution < -0.4 is 0 Å². The normalized spacial score (nSPS) is 2.00. The lowest BCUT2D eigenvalue weighted by atomic mass is 10.8. The Kier molecular flexibility index (Phi) is 63.6. The molecule has 0 bridgehead atoms. The molecule has 0 aromatic rings. The molecule has 0 unspecified atom stereocenters. The van der Waals surface area contributed by atoms with Crippen LogP contribution >= 0.6 is 0 Å². The van der Waals surface area contributed by atoms with Crippen LogP contribution in [0.25, 0.3) is 0 Å². The van der Waals surface area contributed by atoms with Gasteiger partial charge in [-0.1, -0.05) is 0 Å². The van der Waals surface area contributed by atoms with Crippen LogP contribution in [0.1, 0.15) is 0 Å². The molecule has 0 amide bonds. The monoisotopic (exact) mass is 54.0 g/mol. The number of isocyanates is 1. The van der Waals surface area contributed by atoms with Gasteiger partial charge in [0.05, 0.1) is 0 Å². The molecule has 3 radical (unpaired) electrons. The average molecular weight is 53.8 g/mol. The Morgan fingerprint density at radius 1 is 1.75 bits per heavy atom. The Morgan fingerprint density at radius 2 is 1.75 bits per heavy atom. The van der Waals surface area contributed by atoms with Gasteiger partial charge in [0.25, 0.3) is 0 Å². The van der Waals surface area contributed by atoms with E-state index in [-0.39, 0.29) is 8.41 Å². The molecule has 0 saturated carbocycles. The fourth-order valence-electron chi connectivity index (χ4n) is 0. The zero-order valence-corrected chi connectivity index (χ0v) is 1.99. The predicted octanol–water partition coefficient (Wildman–Crippen LogP) is -0.480. The Labute approximate surface area is 25.9 Å². The first-order chi connectivity index (χ1) is 1.41. The molecule has 2 nitrogen and oxygen atoms in total. The second kappa shape index (κ2) is 25.8. The Morgan fingerprint density at radius 3 is 1.75 bits per heavy atom. The Hall–Kier alpha value is -0.555. The third-order valence-corrected chi connectivity index (χ3v) is 0. The standard InChI is InChI=1S/CHNO.B/c2-1-3;/h2H;. The summed E-state index contributed by atoms with van der Waals surface area (Å²) in [7, 11) is 0. The highest BCUT2D eigenvalue weighted by Gasteiger charge is 1.03. The second-order valence-electron chi connectivity index (χ2n) is 0.102. The van der Waals surface area contributed by atoms with Crippen LogP contribution in [0.3, 0.4) is 0 Å². The van der Waals surface area contributed by atoms with Gasteiger partial charge in [-0.3, -0.25) is 0 Å². The summed E-state index contributed by atoms with van der Waals surface area (Å²) in [4.78, 5) is 8.35. The minimum absolute atomic E-state index is 0. The van der Waals surface area contributed by atoms with Crippen molar-refractivity contribution in [2.75, 3.05) is 0 Å². The third kappa shape index (κ3) is 0.928. The van der Waals surface area contributed by atoms with Crippen molar-refractivity contribution in [1.29, 1.82) is 5.41 Å². The van der Waals surface area contributed by atoms with Crippen molar-refractivity contribution in [3.8, 4) is 0 Å². The highest BCUT2D eigenvalue weighted by Crippen LogP contribution is 0.868. The van der Waals surface area contributed by atoms with E-state index in [2.05, 4.69) is 0 Å². The van der Waals surface area contributed by atoms with Crippen LogP contribution in [-0.2, 0) is 4.79 Å². The molecule has 19 valence electrons.